The summed E-state index contributed by atoms with van der Waals surface area (Å²) in [7, 11) is -0.173. The molecule has 0 nitrogen and oxygen atoms in total. The molecule has 2 rings (SSSR count). The molecule has 2 aromatic rings. The summed E-state index contributed by atoms with van der Waals surface area (Å²) in [6.45, 7) is 7.07. The largest absolute Gasteiger partial charge is 0.0653 e. The lowest BCUT2D eigenvalue weighted by atomic mass is 10.2. The maximum absolute atomic E-state index is 2.36. The van der Waals surface area contributed by atoms with Crippen molar-refractivity contribution in [2.75, 3.05) is 0 Å². The van der Waals surface area contributed by atoms with Gasteiger partial charge in [-0.3, -0.25) is 0 Å². The summed E-state index contributed by atoms with van der Waals surface area (Å²) in [5.41, 5.74) is 1.45. The van der Waals surface area contributed by atoms with Gasteiger partial charge in [0.25, 0.3) is 0 Å². The second-order valence-electron chi connectivity index (χ2n) is 5.58. The van der Waals surface area contributed by atoms with Crippen molar-refractivity contribution in [1.29, 1.82) is 0 Å². The van der Waals surface area contributed by atoms with Crippen LogP contribution in [0.4, 0.5) is 0 Å². The predicted octanol–water partition coefficient (Wildman–Crippen LogP) is 4.79. The molecular weight excluding hydrogens is 235 g/mol. The van der Waals surface area contributed by atoms with Crippen LogP contribution in [0.2, 0.25) is 0 Å². The zero-order valence-corrected chi connectivity index (χ0v) is 12.3. The highest BCUT2D eigenvalue weighted by molar-refractivity contribution is 7.66. The molecule has 0 saturated heterocycles. The van der Waals surface area contributed by atoms with E-state index in [1.54, 1.807) is 0 Å². The molecular formula is C17H21P. The first kappa shape index (κ1) is 13.3. The first-order valence-electron chi connectivity index (χ1n) is 6.44. The molecule has 0 unspecified atom stereocenters. The van der Waals surface area contributed by atoms with Gasteiger partial charge in [-0.2, -0.15) is 0 Å². The molecule has 94 valence electrons. The molecule has 0 spiro atoms. The number of hydrogen-bond donors (Lipinski definition) is 0. The van der Waals surface area contributed by atoms with E-state index in [-0.39, 0.29) is 7.92 Å². The third-order valence-corrected chi connectivity index (χ3v) is 6.28. The summed E-state index contributed by atoms with van der Waals surface area (Å²) in [6.07, 6.45) is 1.17. The molecule has 1 heteroatoms. The van der Waals surface area contributed by atoms with Crippen molar-refractivity contribution in [2.45, 2.75) is 32.1 Å². The van der Waals surface area contributed by atoms with E-state index in [0.717, 1.165) is 0 Å². The molecule has 18 heavy (non-hydrogen) atoms. The van der Waals surface area contributed by atoms with Crippen molar-refractivity contribution in [3.8, 4) is 0 Å². The van der Waals surface area contributed by atoms with Crippen molar-refractivity contribution in [2.24, 2.45) is 0 Å². The Labute approximate surface area is 112 Å². The van der Waals surface area contributed by atoms with E-state index in [2.05, 4.69) is 81.4 Å². The highest BCUT2D eigenvalue weighted by Crippen LogP contribution is 2.50. The Kier molecular flexibility index (Phi) is 4.19. The van der Waals surface area contributed by atoms with Crippen molar-refractivity contribution in [3.63, 3.8) is 0 Å². The quantitative estimate of drug-likeness (QED) is 0.692. The summed E-state index contributed by atoms with van der Waals surface area (Å²) >= 11 is 0. The predicted molar refractivity (Wildman–Crippen MR) is 82.9 cm³/mol. The first-order valence-corrected chi connectivity index (χ1v) is 7.97. The van der Waals surface area contributed by atoms with Gasteiger partial charge in [-0.25, -0.2) is 0 Å². The molecule has 0 aromatic heterocycles. The standard InChI is InChI=1S/C17H21P/c1-17(2,3)18(16-12-8-5-9-13-16)14-15-10-6-4-7-11-15/h4-13H,14H2,1-3H3/t18-/m0/s1. The van der Waals surface area contributed by atoms with Gasteiger partial charge in [0.05, 0.1) is 0 Å². The molecule has 0 bridgehead atoms. The van der Waals surface area contributed by atoms with Gasteiger partial charge in [0, 0.05) is 0 Å². The van der Waals surface area contributed by atoms with Crippen LogP contribution in [-0.4, -0.2) is 5.16 Å². The van der Waals surface area contributed by atoms with Crippen molar-refractivity contribution in [1.82, 2.24) is 0 Å². The normalized spacial score (nSPS) is 13.3. The topological polar surface area (TPSA) is 0 Å². The summed E-state index contributed by atoms with van der Waals surface area (Å²) < 4.78 is 0. The Morgan fingerprint density at radius 1 is 0.778 bits per heavy atom. The van der Waals surface area contributed by atoms with Gasteiger partial charge in [-0.05, 0) is 22.2 Å². The van der Waals surface area contributed by atoms with E-state index in [4.69, 9.17) is 0 Å². The van der Waals surface area contributed by atoms with Gasteiger partial charge in [0.2, 0.25) is 0 Å². The van der Waals surface area contributed by atoms with E-state index in [1.165, 1.54) is 17.0 Å². The Morgan fingerprint density at radius 3 is 1.78 bits per heavy atom. The van der Waals surface area contributed by atoms with Crippen LogP contribution in [0.3, 0.4) is 0 Å². The Bertz CT molecular complexity index is 468. The molecule has 0 radical (unpaired) electrons. The average Bonchev–Trinajstić information content (AvgIpc) is 2.37. The van der Waals surface area contributed by atoms with E-state index in [9.17, 15) is 0 Å². The third kappa shape index (κ3) is 3.43. The summed E-state index contributed by atoms with van der Waals surface area (Å²) in [6, 6.07) is 21.8. The number of rotatable bonds is 3. The van der Waals surface area contributed by atoms with Gasteiger partial charge < -0.3 is 0 Å². The second kappa shape index (κ2) is 5.67. The molecule has 0 heterocycles. The fourth-order valence-electron chi connectivity index (χ4n) is 2.09. The number of benzene rings is 2. The lowest BCUT2D eigenvalue weighted by molar-refractivity contribution is 0.785. The summed E-state index contributed by atoms with van der Waals surface area (Å²) in [5.74, 6) is 0. The average molecular weight is 256 g/mol. The van der Waals surface area contributed by atoms with Crippen LogP contribution in [-0.2, 0) is 6.16 Å². The van der Waals surface area contributed by atoms with Crippen molar-refractivity contribution >= 4 is 13.2 Å². The fourth-order valence-corrected chi connectivity index (χ4v) is 4.63. The molecule has 0 aliphatic carbocycles. The number of hydrogen-bond acceptors (Lipinski definition) is 0. The minimum atomic E-state index is -0.173. The molecule has 2 aromatic carbocycles. The van der Waals surface area contributed by atoms with Gasteiger partial charge in [-0.1, -0.05) is 89.4 Å². The molecule has 0 saturated carbocycles. The Hall–Kier alpha value is -1.13. The smallest absolute Gasteiger partial charge is 0.00281 e. The van der Waals surface area contributed by atoms with E-state index >= 15 is 0 Å². The molecule has 0 aliphatic rings. The maximum Gasteiger partial charge on any atom is -0.00281 e. The van der Waals surface area contributed by atoms with Crippen molar-refractivity contribution in [3.05, 3.63) is 66.2 Å². The van der Waals surface area contributed by atoms with Crippen LogP contribution in [0.5, 0.6) is 0 Å². The lowest BCUT2D eigenvalue weighted by Crippen LogP contribution is -2.20. The van der Waals surface area contributed by atoms with E-state index in [0.29, 0.717) is 5.16 Å². The van der Waals surface area contributed by atoms with Crippen LogP contribution >= 0.6 is 7.92 Å². The SMILES string of the molecule is CC(C)(C)[P@@](Cc1ccccc1)c1ccccc1. The molecule has 0 fully saturated rings. The van der Waals surface area contributed by atoms with Crippen LogP contribution in [0.1, 0.15) is 26.3 Å². The maximum atomic E-state index is 2.36. The second-order valence-corrected chi connectivity index (χ2v) is 8.61. The van der Waals surface area contributed by atoms with Gasteiger partial charge >= 0.3 is 0 Å². The molecule has 1 atom stereocenters. The molecule has 0 amide bonds. The monoisotopic (exact) mass is 256 g/mol. The summed E-state index contributed by atoms with van der Waals surface area (Å²) in [4.78, 5) is 0. The van der Waals surface area contributed by atoms with Gasteiger partial charge in [0.1, 0.15) is 0 Å². The third-order valence-electron chi connectivity index (χ3n) is 3.06. The zero-order valence-electron chi connectivity index (χ0n) is 11.4. The first-order chi connectivity index (χ1) is 8.57. The highest BCUT2D eigenvalue weighted by atomic mass is 31.1. The van der Waals surface area contributed by atoms with Crippen molar-refractivity contribution < 1.29 is 0 Å². The minimum Gasteiger partial charge on any atom is -0.0653 e. The van der Waals surface area contributed by atoms with Crippen LogP contribution in [0.15, 0.2) is 60.7 Å². The lowest BCUT2D eigenvalue weighted by Gasteiger charge is -2.32. The van der Waals surface area contributed by atoms with Crippen LogP contribution in [0, 0.1) is 0 Å². The van der Waals surface area contributed by atoms with Crippen LogP contribution < -0.4 is 5.30 Å². The highest BCUT2D eigenvalue weighted by Gasteiger charge is 2.25. The van der Waals surface area contributed by atoms with Gasteiger partial charge in [0.15, 0.2) is 0 Å². The van der Waals surface area contributed by atoms with Gasteiger partial charge in [-0.15, -0.1) is 0 Å². The Morgan fingerprint density at radius 2 is 1.28 bits per heavy atom. The summed E-state index contributed by atoms with van der Waals surface area (Å²) in [5, 5.41) is 1.84. The van der Waals surface area contributed by atoms with Crippen LogP contribution in [0.25, 0.3) is 0 Å². The molecule has 0 N–H and O–H groups in total. The Balaban J connectivity index is 2.28. The zero-order chi connectivity index (χ0) is 13.0. The molecule has 0 aliphatic heterocycles. The minimum absolute atomic E-state index is 0.173. The van der Waals surface area contributed by atoms with E-state index < -0.39 is 0 Å². The van der Waals surface area contributed by atoms with E-state index in [1.807, 2.05) is 0 Å². The fraction of sp³-hybridized carbons (Fsp3) is 0.294.